The normalized spacial score (nSPS) is 38.9. The molecule has 4 aliphatic carbocycles. The molecule has 37 heavy (non-hydrogen) atoms. The molecule has 0 saturated heterocycles. The lowest BCUT2D eigenvalue weighted by Crippen LogP contribution is -2.51. The van der Waals surface area contributed by atoms with E-state index in [1.165, 1.54) is 37.7 Å². The van der Waals surface area contributed by atoms with E-state index in [-0.39, 0.29) is 18.1 Å². The Labute approximate surface area is 223 Å². The first-order valence-electron chi connectivity index (χ1n) is 14.5. The summed E-state index contributed by atoms with van der Waals surface area (Å²) in [5.41, 5.74) is 1.44. The molecule has 0 aromatic heterocycles. The molecular weight excluding hydrogens is 468 g/mol. The number of aliphatic hydroxyl groups is 1. The number of ether oxygens (including phenoxy) is 1. The van der Waals surface area contributed by atoms with Gasteiger partial charge in [-0.25, -0.2) is 9.59 Å². The Morgan fingerprint density at radius 1 is 1.11 bits per heavy atom. The molecule has 0 heterocycles. The smallest absolute Gasteiger partial charge is 0.408 e. The van der Waals surface area contributed by atoms with Crippen molar-refractivity contribution in [3.8, 4) is 0 Å². The van der Waals surface area contributed by atoms with Gasteiger partial charge in [0.25, 0.3) is 0 Å². The number of nitrogens with one attached hydrogen (secondary N) is 2. The van der Waals surface area contributed by atoms with Crippen molar-refractivity contribution in [3.05, 3.63) is 11.6 Å². The second kappa shape index (κ2) is 10.5. The molecule has 7 nitrogen and oxygen atoms in total. The zero-order valence-corrected chi connectivity index (χ0v) is 23.8. The molecule has 3 saturated carbocycles. The first-order valence-corrected chi connectivity index (χ1v) is 14.5. The van der Waals surface area contributed by atoms with Gasteiger partial charge in [0.2, 0.25) is 0 Å². The fourth-order valence-corrected chi connectivity index (χ4v) is 8.86. The van der Waals surface area contributed by atoms with Gasteiger partial charge in [-0.3, -0.25) is 0 Å². The zero-order valence-electron chi connectivity index (χ0n) is 23.8. The fraction of sp³-hybridized carbons (Fsp3) is 0.867. The third kappa shape index (κ3) is 5.73. The summed E-state index contributed by atoms with van der Waals surface area (Å²) in [5.74, 6) is 2.19. The molecule has 0 aromatic rings. The topological polar surface area (TPSA) is 108 Å². The van der Waals surface area contributed by atoms with Gasteiger partial charge in [0.15, 0.2) is 0 Å². The van der Waals surface area contributed by atoms with E-state index < -0.39 is 23.7 Å². The number of carboxylic acid groups (broad SMARTS) is 1. The Balaban J connectivity index is 1.35. The summed E-state index contributed by atoms with van der Waals surface area (Å²) in [6.45, 7) is 13.5. The number of carboxylic acids is 1. The molecule has 0 spiro atoms. The van der Waals surface area contributed by atoms with Crippen LogP contribution in [0.2, 0.25) is 0 Å². The van der Waals surface area contributed by atoms with Crippen LogP contribution in [0.1, 0.15) is 92.9 Å². The van der Waals surface area contributed by atoms with Crippen LogP contribution in [0.4, 0.5) is 4.79 Å². The van der Waals surface area contributed by atoms with Gasteiger partial charge in [-0.05, 0) is 119 Å². The van der Waals surface area contributed by atoms with Crippen LogP contribution >= 0.6 is 0 Å². The number of hydrogen-bond donors (Lipinski definition) is 4. The summed E-state index contributed by atoms with van der Waals surface area (Å²) in [7, 11) is 0. The van der Waals surface area contributed by atoms with Gasteiger partial charge in [-0.15, -0.1) is 0 Å². The number of hydrogen-bond acceptors (Lipinski definition) is 5. The lowest BCUT2D eigenvalue weighted by Gasteiger charge is -2.58. The van der Waals surface area contributed by atoms with Crippen molar-refractivity contribution in [3.63, 3.8) is 0 Å². The van der Waals surface area contributed by atoms with Crippen LogP contribution in [-0.4, -0.2) is 53.1 Å². The molecule has 4 aliphatic rings. The third-order valence-electron chi connectivity index (χ3n) is 10.6. The Morgan fingerprint density at radius 2 is 1.84 bits per heavy atom. The molecule has 0 aliphatic heterocycles. The SMILES string of the molecule is C[C@H](CNC[C@H](NC(=O)OC(C)(C)C)C(=O)O)[C@H]1CC[C@H]2[C@@H]3CC=C4C[C@@H](O)CC[C@]4(C)[C@H]3CC[C@]12C. The molecule has 0 unspecified atom stereocenters. The van der Waals surface area contributed by atoms with E-state index in [1.54, 1.807) is 20.8 Å². The highest BCUT2D eigenvalue weighted by molar-refractivity contribution is 5.80. The van der Waals surface area contributed by atoms with E-state index in [1.807, 2.05) is 0 Å². The molecule has 3 fully saturated rings. The summed E-state index contributed by atoms with van der Waals surface area (Å²) in [5, 5.41) is 25.7. The number of fused-ring (bicyclic) bond motifs is 5. The Morgan fingerprint density at radius 3 is 2.51 bits per heavy atom. The zero-order chi connectivity index (χ0) is 27.2. The van der Waals surface area contributed by atoms with Crippen molar-refractivity contribution >= 4 is 12.1 Å². The maximum absolute atomic E-state index is 12.1. The van der Waals surface area contributed by atoms with Crippen LogP contribution in [-0.2, 0) is 9.53 Å². The van der Waals surface area contributed by atoms with Gasteiger partial charge in [0.05, 0.1) is 6.10 Å². The summed E-state index contributed by atoms with van der Waals surface area (Å²) in [6.07, 6.45) is 10.8. The number of aliphatic hydroxyl groups excluding tert-OH is 1. The van der Waals surface area contributed by atoms with E-state index in [4.69, 9.17) is 4.74 Å². The Bertz CT molecular complexity index is 897. The maximum Gasteiger partial charge on any atom is 0.408 e. The highest BCUT2D eigenvalue weighted by Crippen LogP contribution is 2.67. The largest absolute Gasteiger partial charge is 0.480 e. The summed E-state index contributed by atoms with van der Waals surface area (Å²) in [4.78, 5) is 23.8. The summed E-state index contributed by atoms with van der Waals surface area (Å²) in [6, 6.07) is -1.03. The minimum absolute atomic E-state index is 0.158. The molecule has 210 valence electrons. The standard InChI is InChI=1S/C30H50N2O5/c1-18(16-31-17-25(26(34)35)32-27(36)37-28(2,3)4)22-9-10-23-21-8-7-19-15-20(33)11-13-29(19,5)24(21)12-14-30(22,23)6/h7,18,20-25,31,33H,8-17H2,1-6H3,(H,32,36)(H,34,35)/t18-,20+,21+,22-,23+,24+,25+,29+,30-/m1/s1. The quantitative estimate of drug-likeness (QED) is 0.348. The third-order valence-corrected chi connectivity index (χ3v) is 10.6. The predicted octanol–water partition coefficient (Wildman–Crippen LogP) is 5.13. The predicted molar refractivity (Wildman–Crippen MR) is 144 cm³/mol. The maximum atomic E-state index is 12.1. The minimum Gasteiger partial charge on any atom is -0.480 e. The molecule has 4 N–H and O–H groups in total. The number of carbonyl (C=O) groups is 2. The number of carbonyl (C=O) groups excluding carboxylic acids is 1. The Kier molecular flexibility index (Phi) is 8.08. The van der Waals surface area contributed by atoms with E-state index in [0.717, 1.165) is 43.6 Å². The number of alkyl carbamates (subject to hydrolysis) is 1. The van der Waals surface area contributed by atoms with Gasteiger partial charge in [0.1, 0.15) is 11.6 Å². The lowest BCUT2D eigenvalue weighted by atomic mass is 9.47. The monoisotopic (exact) mass is 518 g/mol. The van der Waals surface area contributed by atoms with E-state index >= 15 is 0 Å². The van der Waals surface area contributed by atoms with Crippen molar-refractivity contribution in [1.29, 1.82) is 0 Å². The van der Waals surface area contributed by atoms with E-state index in [0.29, 0.717) is 17.3 Å². The number of amides is 1. The van der Waals surface area contributed by atoms with Crippen LogP contribution in [0.15, 0.2) is 11.6 Å². The molecular formula is C30H50N2O5. The van der Waals surface area contributed by atoms with Gasteiger partial charge < -0.3 is 25.6 Å². The van der Waals surface area contributed by atoms with Gasteiger partial charge in [0, 0.05) is 6.54 Å². The van der Waals surface area contributed by atoms with Crippen LogP contribution in [0.25, 0.3) is 0 Å². The van der Waals surface area contributed by atoms with Gasteiger partial charge in [-0.2, -0.15) is 0 Å². The average Bonchev–Trinajstić information content (AvgIpc) is 3.14. The second-order valence-electron chi connectivity index (χ2n) is 14.1. The summed E-state index contributed by atoms with van der Waals surface area (Å²) >= 11 is 0. The number of rotatable bonds is 7. The molecule has 0 radical (unpaired) electrons. The molecule has 0 bridgehead atoms. The highest BCUT2D eigenvalue weighted by Gasteiger charge is 2.59. The highest BCUT2D eigenvalue weighted by atomic mass is 16.6. The number of aliphatic carboxylic acids is 1. The molecule has 7 heteroatoms. The minimum atomic E-state index is -1.06. The van der Waals surface area contributed by atoms with Crippen LogP contribution in [0.5, 0.6) is 0 Å². The van der Waals surface area contributed by atoms with Crippen molar-refractivity contribution < 1.29 is 24.5 Å². The summed E-state index contributed by atoms with van der Waals surface area (Å²) < 4.78 is 5.23. The second-order valence-corrected chi connectivity index (χ2v) is 14.1. The van der Waals surface area contributed by atoms with Gasteiger partial charge in [-0.1, -0.05) is 32.4 Å². The fourth-order valence-electron chi connectivity index (χ4n) is 8.86. The van der Waals surface area contributed by atoms with Crippen LogP contribution in [0, 0.1) is 40.4 Å². The first-order chi connectivity index (χ1) is 17.2. The Hall–Kier alpha value is -1.60. The van der Waals surface area contributed by atoms with E-state index in [2.05, 4.69) is 37.5 Å². The van der Waals surface area contributed by atoms with Crippen LogP contribution in [0.3, 0.4) is 0 Å². The average molecular weight is 519 g/mol. The lowest BCUT2D eigenvalue weighted by molar-refractivity contribution is -0.139. The van der Waals surface area contributed by atoms with Crippen molar-refractivity contribution in [1.82, 2.24) is 10.6 Å². The number of allylic oxidation sites excluding steroid dienone is 1. The van der Waals surface area contributed by atoms with E-state index in [9.17, 15) is 19.8 Å². The van der Waals surface area contributed by atoms with Crippen molar-refractivity contribution in [2.24, 2.45) is 40.4 Å². The molecule has 1 amide bonds. The van der Waals surface area contributed by atoms with Crippen LogP contribution < -0.4 is 10.6 Å². The molecule has 9 atom stereocenters. The van der Waals surface area contributed by atoms with Crippen molar-refractivity contribution in [2.75, 3.05) is 13.1 Å². The molecule has 0 aromatic carbocycles. The van der Waals surface area contributed by atoms with Crippen molar-refractivity contribution in [2.45, 2.75) is 111 Å². The molecule has 4 rings (SSSR count). The van der Waals surface area contributed by atoms with Gasteiger partial charge >= 0.3 is 12.1 Å². The first kappa shape index (κ1) is 28.4.